The van der Waals surface area contributed by atoms with Gasteiger partial charge in [-0.05, 0) is 38.0 Å². The van der Waals surface area contributed by atoms with E-state index in [0.717, 1.165) is 0 Å². The molecule has 0 spiro atoms. The average molecular weight is 313 g/mol. The fourth-order valence-corrected chi connectivity index (χ4v) is 3.26. The summed E-state index contributed by atoms with van der Waals surface area (Å²) in [5.74, 6) is -0.184. The Morgan fingerprint density at radius 1 is 1.33 bits per heavy atom. The van der Waals surface area contributed by atoms with Crippen molar-refractivity contribution in [2.75, 3.05) is 12.3 Å². The number of carbonyl (C=O) groups is 1. The van der Waals surface area contributed by atoms with E-state index in [1.165, 1.54) is 6.07 Å². The Bertz CT molecular complexity index is 597. The highest BCUT2D eigenvalue weighted by molar-refractivity contribution is 7.89. The van der Waals surface area contributed by atoms with Crippen LogP contribution in [0.4, 0.5) is 5.69 Å². The third-order valence-corrected chi connectivity index (χ3v) is 4.40. The largest absolute Gasteiger partial charge is 0.399 e. The normalized spacial score (nSPS) is 11.6. The first-order valence-corrected chi connectivity index (χ1v) is 8.42. The van der Waals surface area contributed by atoms with Gasteiger partial charge in [0.2, 0.25) is 15.9 Å². The van der Waals surface area contributed by atoms with E-state index in [1.807, 2.05) is 20.8 Å². The summed E-state index contributed by atoms with van der Waals surface area (Å²) >= 11 is 0. The zero-order chi connectivity index (χ0) is 16.0. The second-order valence-corrected chi connectivity index (χ2v) is 6.83. The zero-order valence-corrected chi connectivity index (χ0v) is 13.5. The smallest absolute Gasteiger partial charge is 0.240 e. The highest BCUT2D eigenvalue weighted by atomic mass is 32.2. The van der Waals surface area contributed by atoms with E-state index < -0.39 is 10.0 Å². The number of amides is 1. The maximum Gasteiger partial charge on any atom is 0.240 e. The van der Waals surface area contributed by atoms with Crippen molar-refractivity contribution in [2.24, 2.45) is 0 Å². The Labute approximate surface area is 126 Å². The first-order chi connectivity index (χ1) is 9.76. The van der Waals surface area contributed by atoms with Gasteiger partial charge in [-0.3, -0.25) is 4.79 Å². The summed E-state index contributed by atoms with van der Waals surface area (Å²) in [7, 11) is -3.66. The van der Waals surface area contributed by atoms with Crippen LogP contribution in [0.25, 0.3) is 0 Å². The minimum absolute atomic E-state index is 0.0368. The van der Waals surface area contributed by atoms with Crippen molar-refractivity contribution >= 4 is 21.6 Å². The molecule has 4 N–H and O–H groups in total. The molecule has 0 aromatic heterocycles. The van der Waals surface area contributed by atoms with Gasteiger partial charge in [-0.1, -0.05) is 13.0 Å². The molecule has 1 aromatic rings. The molecule has 0 atom stereocenters. The van der Waals surface area contributed by atoms with Crippen molar-refractivity contribution in [2.45, 2.75) is 44.6 Å². The van der Waals surface area contributed by atoms with Crippen molar-refractivity contribution < 1.29 is 13.2 Å². The molecule has 1 rings (SSSR count). The van der Waals surface area contributed by atoms with Gasteiger partial charge < -0.3 is 11.1 Å². The maximum absolute atomic E-state index is 12.3. The van der Waals surface area contributed by atoms with Gasteiger partial charge in [-0.2, -0.15) is 0 Å². The van der Waals surface area contributed by atoms with E-state index in [4.69, 9.17) is 5.73 Å². The second-order valence-electron chi connectivity index (χ2n) is 5.09. The summed E-state index contributed by atoms with van der Waals surface area (Å²) in [5.41, 5.74) is 6.75. The van der Waals surface area contributed by atoms with Gasteiger partial charge in [0.05, 0.1) is 4.90 Å². The number of benzene rings is 1. The van der Waals surface area contributed by atoms with Crippen molar-refractivity contribution in [3.63, 3.8) is 0 Å². The predicted molar refractivity (Wildman–Crippen MR) is 83.3 cm³/mol. The standard InChI is InChI=1S/C14H23N3O3S/c1-4-11-5-6-12(15)9-13(11)21(19,20)16-8-7-14(18)17-10(2)3/h5-6,9-10,16H,4,7-8,15H2,1-3H3,(H,17,18). The number of anilines is 1. The second kappa shape index (κ2) is 7.42. The summed E-state index contributed by atoms with van der Waals surface area (Å²) in [6, 6.07) is 4.85. The molecule has 0 aliphatic rings. The van der Waals surface area contributed by atoms with Gasteiger partial charge in [0.15, 0.2) is 0 Å². The van der Waals surface area contributed by atoms with Gasteiger partial charge >= 0.3 is 0 Å². The van der Waals surface area contributed by atoms with Crippen LogP contribution in [-0.4, -0.2) is 26.9 Å². The summed E-state index contributed by atoms with van der Waals surface area (Å²) in [6.07, 6.45) is 0.686. The van der Waals surface area contributed by atoms with Gasteiger partial charge in [-0.25, -0.2) is 13.1 Å². The van der Waals surface area contributed by atoms with Crippen LogP contribution in [0, 0.1) is 0 Å². The molecule has 0 radical (unpaired) electrons. The molecular weight excluding hydrogens is 290 g/mol. The number of rotatable bonds is 7. The Kier molecular flexibility index (Phi) is 6.17. The minimum Gasteiger partial charge on any atom is -0.399 e. The van der Waals surface area contributed by atoms with Crippen LogP contribution < -0.4 is 15.8 Å². The molecule has 0 saturated carbocycles. The summed E-state index contributed by atoms with van der Waals surface area (Å²) < 4.78 is 27.0. The number of sulfonamides is 1. The van der Waals surface area contributed by atoms with Crippen LogP contribution in [0.3, 0.4) is 0 Å². The lowest BCUT2D eigenvalue weighted by molar-refractivity contribution is -0.121. The van der Waals surface area contributed by atoms with Crippen molar-refractivity contribution in [1.29, 1.82) is 0 Å². The van der Waals surface area contributed by atoms with Crippen molar-refractivity contribution in [1.82, 2.24) is 10.0 Å². The quantitative estimate of drug-likeness (QED) is 0.654. The Morgan fingerprint density at radius 3 is 2.57 bits per heavy atom. The summed E-state index contributed by atoms with van der Waals surface area (Å²) in [6.45, 7) is 5.63. The number of nitrogens with two attached hydrogens (primary N) is 1. The van der Waals surface area contributed by atoms with Crippen molar-refractivity contribution in [3.05, 3.63) is 23.8 Å². The minimum atomic E-state index is -3.66. The van der Waals surface area contributed by atoms with E-state index in [-0.39, 0.29) is 29.8 Å². The average Bonchev–Trinajstić information content (AvgIpc) is 2.37. The molecule has 0 saturated heterocycles. The van der Waals surface area contributed by atoms with Gasteiger partial charge in [0.25, 0.3) is 0 Å². The van der Waals surface area contributed by atoms with Crippen LogP contribution in [0.1, 0.15) is 32.8 Å². The molecule has 0 heterocycles. The molecule has 1 aromatic carbocycles. The van der Waals surface area contributed by atoms with Crippen LogP contribution in [-0.2, 0) is 21.2 Å². The van der Waals surface area contributed by atoms with Crippen LogP contribution in [0.2, 0.25) is 0 Å². The molecule has 1 amide bonds. The zero-order valence-electron chi connectivity index (χ0n) is 12.6. The lowest BCUT2D eigenvalue weighted by atomic mass is 10.1. The summed E-state index contributed by atoms with van der Waals surface area (Å²) in [4.78, 5) is 11.7. The lowest BCUT2D eigenvalue weighted by Crippen LogP contribution is -2.34. The third-order valence-electron chi connectivity index (χ3n) is 2.86. The fraction of sp³-hybridized carbons (Fsp3) is 0.500. The van der Waals surface area contributed by atoms with Crippen molar-refractivity contribution in [3.8, 4) is 0 Å². The van der Waals surface area contributed by atoms with Crippen LogP contribution >= 0.6 is 0 Å². The first kappa shape index (κ1) is 17.5. The first-order valence-electron chi connectivity index (χ1n) is 6.93. The molecular formula is C14H23N3O3S. The Balaban J connectivity index is 2.74. The summed E-state index contributed by atoms with van der Waals surface area (Å²) in [5, 5.41) is 2.71. The Hall–Kier alpha value is -1.60. The maximum atomic E-state index is 12.3. The number of nitrogen functional groups attached to an aromatic ring is 1. The van der Waals surface area contributed by atoms with E-state index in [9.17, 15) is 13.2 Å². The van der Waals surface area contributed by atoms with E-state index in [1.54, 1.807) is 12.1 Å². The highest BCUT2D eigenvalue weighted by Gasteiger charge is 2.18. The number of hydrogen-bond acceptors (Lipinski definition) is 4. The molecule has 0 unspecified atom stereocenters. The van der Waals surface area contributed by atoms with E-state index >= 15 is 0 Å². The van der Waals surface area contributed by atoms with E-state index in [0.29, 0.717) is 17.7 Å². The fourth-order valence-electron chi connectivity index (χ4n) is 1.88. The topological polar surface area (TPSA) is 101 Å². The number of hydrogen-bond donors (Lipinski definition) is 3. The van der Waals surface area contributed by atoms with Gasteiger partial charge in [0, 0.05) is 24.7 Å². The Morgan fingerprint density at radius 2 is 2.00 bits per heavy atom. The number of aryl methyl sites for hydroxylation is 1. The lowest BCUT2D eigenvalue weighted by Gasteiger charge is -2.12. The molecule has 0 fully saturated rings. The molecule has 0 aliphatic carbocycles. The SMILES string of the molecule is CCc1ccc(N)cc1S(=O)(=O)NCCC(=O)NC(C)C. The predicted octanol–water partition coefficient (Wildman–Crippen LogP) is 1.02. The van der Waals surface area contributed by atoms with Crippen LogP contribution in [0.15, 0.2) is 23.1 Å². The number of nitrogens with one attached hydrogen (secondary N) is 2. The third kappa shape index (κ3) is 5.35. The molecule has 7 heteroatoms. The van der Waals surface area contributed by atoms with Crippen LogP contribution in [0.5, 0.6) is 0 Å². The molecule has 0 bridgehead atoms. The van der Waals surface area contributed by atoms with Gasteiger partial charge in [0.1, 0.15) is 0 Å². The molecule has 6 nitrogen and oxygen atoms in total. The highest BCUT2D eigenvalue weighted by Crippen LogP contribution is 2.19. The molecule has 21 heavy (non-hydrogen) atoms. The van der Waals surface area contributed by atoms with Gasteiger partial charge in [-0.15, -0.1) is 0 Å². The number of carbonyl (C=O) groups excluding carboxylic acids is 1. The molecule has 118 valence electrons. The molecule has 0 aliphatic heterocycles. The monoisotopic (exact) mass is 313 g/mol. The van der Waals surface area contributed by atoms with E-state index in [2.05, 4.69) is 10.0 Å².